The summed E-state index contributed by atoms with van der Waals surface area (Å²) < 4.78 is 5.71. The molecule has 1 saturated heterocycles. The van der Waals surface area contributed by atoms with E-state index >= 15 is 0 Å². The van der Waals surface area contributed by atoms with Crippen molar-refractivity contribution in [3.05, 3.63) is 22.9 Å². The molecule has 2 aliphatic rings. The highest BCUT2D eigenvalue weighted by molar-refractivity contribution is 5.99. The fourth-order valence-corrected chi connectivity index (χ4v) is 3.25. The van der Waals surface area contributed by atoms with Crippen molar-refractivity contribution < 1.29 is 4.74 Å². The predicted octanol–water partition coefficient (Wildman–Crippen LogP) is 1.86. The Morgan fingerprint density at radius 1 is 1.38 bits per heavy atom. The van der Waals surface area contributed by atoms with Crippen molar-refractivity contribution >= 4 is 11.7 Å². The maximum absolute atomic E-state index is 7.90. The number of fused-ring (bicyclic) bond motifs is 1. The first kappa shape index (κ1) is 14.3. The van der Waals surface area contributed by atoms with Crippen LogP contribution in [0.1, 0.15) is 43.0 Å². The number of pyridine rings is 1. The molecular weight excluding hydrogens is 264 g/mol. The minimum absolute atomic E-state index is 0.115. The predicted molar refractivity (Wildman–Crippen MR) is 84.1 cm³/mol. The Hall–Kier alpha value is -1.62. The van der Waals surface area contributed by atoms with Gasteiger partial charge in [0, 0.05) is 25.4 Å². The number of ether oxygens (including phenoxy) is 1. The molecule has 21 heavy (non-hydrogen) atoms. The third-order valence-corrected chi connectivity index (χ3v) is 4.32. The van der Waals surface area contributed by atoms with E-state index in [1.807, 2.05) is 0 Å². The number of nitrogens with two attached hydrogens (primary N) is 1. The van der Waals surface area contributed by atoms with E-state index in [9.17, 15) is 0 Å². The number of amidine groups is 1. The Labute approximate surface area is 126 Å². The molecule has 1 aliphatic carbocycles. The molecule has 0 bridgehead atoms. The molecule has 0 spiro atoms. The fraction of sp³-hybridized carbons (Fsp3) is 0.625. The number of nitrogens with zero attached hydrogens (tertiary/aromatic N) is 2. The van der Waals surface area contributed by atoms with E-state index in [0.717, 1.165) is 50.3 Å². The zero-order valence-electron chi connectivity index (χ0n) is 12.7. The summed E-state index contributed by atoms with van der Waals surface area (Å²) in [6, 6.07) is 2.09. The molecule has 5 heteroatoms. The zero-order chi connectivity index (χ0) is 14.8. The molecule has 3 N–H and O–H groups in total. The summed E-state index contributed by atoms with van der Waals surface area (Å²) in [7, 11) is 0. The van der Waals surface area contributed by atoms with Crippen LogP contribution in [0, 0.1) is 5.41 Å². The summed E-state index contributed by atoms with van der Waals surface area (Å²) >= 11 is 0. The number of aromatic nitrogens is 1. The van der Waals surface area contributed by atoms with Crippen LogP contribution in [0.2, 0.25) is 0 Å². The molecule has 0 amide bonds. The summed E-state index contributed by atoms with van der Waals surface area (Å²) in [5.74, 6) is 0.990. The lowest BCUT2D eigenvalue weighted by atomic mass is 9.94. The first-order chi connectivity index (χ1) is 10.1. The molecule has 114 valence electrons. The molecule has 0 aromatic carbocycles. The van der Waals surface area contributed by atoms with Crippen molar-refractivity contribution in [3.63, 3.8) is 0 Å². The topological polar surface area (TPSA) is 75.2 Å². The van der Waals surface area contributed by atoms with Crippen LogP contribution in [-0.4, -0.2) is 36.6 Å². The molecule has 1 aromatic heterocycles. The van der Waals surface area contributed by atoms with Gasteiger partial charge in [-0.05, 0) is 50.7 Å². The Kier molecular flexibility index (Phi) is 4.10. The number of anilines is 1. The average Bonchev–Trinajstić information content (AvgIpc) is 2.70. The highest BCUT2D eigenvalue weighted by Crippen LogP contribution is 2.27. The van der Waals surface area contributed by atoms with Crippen molar-refractivity contribution in [2.24, 2.45) is 5.73 Å². The number of hydrogen-bond acceptors (Lipinski definition) is 4. The van der Waals surface area contributed by atoms with Gasteiger partial charge in [-0.15, -0.1) is 0 Å². The van der Waals surface area contributed by atoms with Crippen LogP contribution in [0.15, 0.2) is 6.07 Å². The van der Waals surface area contributed by atoms with Gasteiger partial charge in [-0.25, -0.2) is 4.98 Å². The SMILES string of the molecule is CC1CN(c2nc3c(cc2C(=N)N)CCCC3)CCCO1. The van der Waals surface area contributed by atoms with Crippen molar-refractivity contribution in [3.8, 4) is 0 Å². The van der Waals surface area contributed by atoms with Crippen LogP contribution < -0.4 is 10.6 Å². The van der Waals surface area contributed by atoms with Gasteiger partial charge in [0.15, 0.2) is 0 Å². The minimum atomic E-state index is 0.115. The second-order valence-electron chi connectivity index (χ2n) is 6.07. The zero-order valence-corrected chi connectivity index (χ0v) is 12.7. The van der Waals surface area contributed by atoms with Crippen LogP contribution in [0.4, 0.5) is 5.82 Å². The van der Waals surface area contributed by atoms with Crippen LogP contribution in [-0.2, 0) is 17.6 Å². The van der Waals surface area contributed by atoms with E-state index in [1.165, 1.54) is 24.1 Å². The van der Waals surface area contributed by atoms with Crippen molar-refractivity contribution in [1.29, 1.82) is 5.41 Å². The smallest absolute Gasteiger partial charge is 0.139 e. The van der Waals surface area contributed by atoms with Gasteiger partial charge in [-0.1, -0.05) is 0 Å². The maximum atomic E-state index is 7.90. The van der Waals surface area contributed by atoms with Crippen molar-refractivity contribution in [1.82, 2.24) is 4.98 Å². The normalized spacial score (nSPS) is 22.5. The molecule has 3 rings (SSSR count). The second-order valence-corrected chi connectivity index (χ2v) is 6.07. The first-order valence-electron chi connectivity index (χ1n) is 7.89. The van der Waals surface area contributed by atoms with Gasteiger partial charge in [0.25, 0.3) is 0 Å². The van der Waals surface area contributed by atoms with Gasteiger partial charge >= 0.3 is 0 Å². The lowest BCUT2D eigenvalue weighted by molar-refractivity contribution is 0.0820. The Bertz CT molecular complexity index is 543. The minimum Gasteiger partial charge on any atom is -0.384 e. The molecular formula is C16H24N4O. The van der Waals surface area contributed by atoms with Crippen molar-refractivity contribution in [2.45, 2.75) is 45.1 Å². The summed E-state index contributed by atoms with van der Waals surface area (Å²) in [5, 5.41) is 7.90. The first-order valence-corrected chi connectivity index (χ1v) is 7.89. The van der Waals surface area contributed by atoms with E-state index < -0.39 is 0 Å². The highest BCUT2D eigenvalue weighted by Gasteiger charge is 2.23. The molecule has 1 fully saturated rings. The van der Waals surface area contributed by atoms with E-state index in [1.54, 1.807) is 0 Å². The molecule has 1 atom stereocenters. The van der Waals surface area contributed by atoms with E-state index in [0.29, 0.717) is 0 Å². The molecule has 1 unspecified atom stereocenters. The fourth-order valence-electron chi connectivity index (χ4n) is 3.25. The Morgan fingerprint density at radius 3 is 3.00 bits per heavy atom. The quantitative estimate of drug-likeness (QED) is 0.643. The standard InChI is InChI=1S/C16H24N4O/c1-11-10-20(7-4-8-21-11)16-13(15(17)18)9-12-5-2-3-6-14(12)19-16/h9,11H,2-8,10H2,1H3,(H3,17,18). The Balaban J connectivity index is 2.00. The van der Waals surface area contributed by atoms with Gasteiger partial charge in [0.05, 0.1) is 11.7 Å². The van der Waals surface area contributed by atoms with E-state index in [2.05, 4.69) is 17.9 Å². The van der Waals surface area contributed by atoms with E-state index in [-0.39, 0.29) is 11.9 Å². The summed E-state index contributed by atoms with van der Waals surface area (Å²) in [5.41, 5.74) is 9.06. The largest absolute Gasteiger partial charge is 0.384 e. The van der Waals surface area contributed by atoms with Gasteiger partial charge in [-0.2, -0.15) is 0 Å². The average molecular weight is 288 g/mol. The number of nitrogen functional groups attached to an aromatic ring is 1. The number of hydrogen-bond donors (Lipinski definition) is 2. The van der Waals surface area contributed by atoms with Crippen LogP contribution >= 0.6 is 0 Å². The van der Waals surface area contributed by atoms with Crippen molar-refractivity contribution in [2.75, 3.05) is 24.6 Å². The summed E-state index contributed by atoms with van der Waals surface area (Å²) in [6.07, 6.45) is 5.69. The molecule has 0 saturated carbocycles. The van der Waals surface area contributed by atoms with Crippen LogP contribution in [0.25, 0.3) is 0 Å². The third-order valence-electron chi connectivity index (χ3n) is 4.32. The maximum Gasteiger partial charge on any atom is 0.139 e. The lowest BCUT2D eigenvalue weighted by Gasteiger charge is -2.27. The van der Waals surface area contributed by atoms with E-state index in [4.69, 9.17) is 20.9 Å². The summed E-state index contributed by atoms with van der Waals surface area (Å²) in [6.45, 7) is 4.60. The Morgan fingerprint density at radius 2 is 2.19 bits per heavy atom. The van der Waals surface area contributed by atoms with Gasteiger partial charge in [-0.3, -0.25) is 5.41 Å². The summed E-state index contributed by atoms with van der Waals surface area (Å²) in [4.78, 5) is 7.12. The van der Waals surface area contributed by atoms with Gasteiger partial charge in [0.2, 0.25) is 0 Å². The number of aryl methyl sites for hydroxylation is 2. The lowest BCUT2D eigenvalue weighted by Crippen LogP contribution is -2.33. The van der Waals surface area contributed by atoms with Crippen LogP contribution in [0.3, 0.4) is 0 Å². The monoisotopic (exact) mass is 288 g/mol. The highest BCUT2D eigenvalue weighted by atomic mass is 16.5. The molecule has 5 nitrogen and oxygen atoms in total. The molecule has 0 radical (unpaired) electrons. The number of rotatable bonds is 2. The third kappa shape index (κ3) is 3.02. The van der Waals surface area contributed by atoms with Crippen LogP contribution in [0.5, 0.6) is 0 Å². The molecule has 1 aliphatic heterocycles. The molecule has 2 heterocycles. The van der Waals surface area contributed by atoms with Gasteiger partial charge < -0.3 is 15.4 Å². The number of nitrogens with one attached hydrogen (secondary N) is 1. The van der Waals surface area contributed by atoms with Gasteiger partial charge in [0.1, 0.15) is 11.7 Å². The second kappa shape index (κ2) is 6.02. The molecule has 1 aromatic rings.